The first kappa shape index (κ1) is 36.4. The zero-order chi connectivity index (χ0) is 32.3. The highest BCUT2D eigenvalue weighted by atomic mass is 35.5. The summed E-state index contributed by atoms with van der Waals surface area (Å²) in [5.74, 6) is 1.96. The summed E-state index contributed by atoms with van der Waals surface area (Å²) in [6, 6.07) is 17.3. The first-order valence-corrected chi connectivity index (χ1v) is 16.5. The molecule has 242 valence electrons. The summed E-state index contributed by atoms with van der Waals surface area (Å²) in [6.45, 7) is 14.4. The van der Waals surface area contributed by atoms with Crippen LogP contribution in [0.5, 0.6) is 17.2 Å². The summed E-state index contributed by atoms with van der Waals surface area (Å²) in [5, 5.41) is 2.66. The van der Waals surface area contributed by atoms with E-state index in [0.29, 0.717) is 53.7 Å². The van der Waals surface area contributed by atoms with Crippen LogP contribution in [0, 0.1) is 0 Å². The molecule has 0 bridgehead atoms. The van der Waals surface area contributed by atoms with Gasteiger partial charge in [0.25, 0.3) is 0 Å². The Bertz CT molecular complexity index is 1240. The molecule has 0 saturated carbocycles. The predicted molar refractivity (Wildman–Crippen MR) is 180 cm³/mol. The molecule has 7 nitrogen and oxygen atoms in total. The Morgan fingerprint density at radius 3 is 1.43 bits per heavy atom. The Hall–Kier alpha value is -2.09. The van der Waals surface area contributed by atoms with Crippen LogP contribution in [0.4, 0.5) is 0 Å². The van der Waals surface area contributed by atoms with Crippen LogP contribution in [-0.2, 0) is 29.8 Å². The fourth-order valence-electron chi connectivity index (χ4n) is 4.30. The Balaban J connectivity index is 2.28. The minimum atomic E-state index is -1.66. The highest BCUT2D eigenvalue weighted by molar-refractivity contribution is 7.69. The van der Waals surface area contributed by atoms with Gasteiger partial charge in [0.2, 0.25) is 0 Å². The van der Waals surface area contributed by atoms with E-state index in [1.165, 1.54) is 0 Å². The molecule has 0 aliphatic carbocycles. The first-order chi connectivity index (χ1) is 20.9. The monoisotopic (exact) mass is 666 g/mol. The number of methoxy groups -OCH3 is 2. The average molecular weight is 668 g/mol. The van der Waals surface area contributed by atoms with Crippen LogP contribution in [0.25, 0.3) is 0 Å². The maximum Gasteiger partial charge on any atom is 0.189 e. The van der Waals surface area contributed by atoms with Crippen molar-refractivity contribution in [2.75, 3.05) is 54.2 Å². The van der Waals surface area contributed by atoms with Gasteiger partial charge in [-0.05, 0) is 47.2 Å². The molecule has 10 heteroatoms. The van der Waals surface area contributed by atoms with Crippen molar-refractivity contribution >= 4 is 42.0 Å². The van der Waals surface area contributed by atoms with Crippen LogP contribution >= 0.6 is 31.4 Å². The predicted octanol–water partition coefficient (Wildman–Crippen LogP) is 8.01. The van der Waals surface area contributed by atoms with Gasteiger partial charge in [-0.1, -0.05) is 82.9 Å². The van der Waals surface area contributed by atoms with Crippen molar-refractivity contribution in [1.29, 1.82) is 0 Å². The second-order valence-corrected chi connectivity index (χ2v) is 14.7. The maximum atomic E-state index is 6.87. The van der Waals surface area contributed by atoms with Gasteiger partial charge >= 0.3 is 0 Å². The molecule has 0 saturated heterocycles. The topological polar surface area (TPSA) is 64.6 Å². The zero-order valence-corrected chi connectivity index (χ0v) is 29.4. The molecule has 0 heterocycles. The molecule has 0 fully saturated rings. The van der Waals surface area contributed by atoms with Crippen LogP contribution in [0.2, 0.25) is 10.0 Å². The molecule has 0 amide bonds. The van der Waals surface area contributed by atoms with E-state index in [0.717, 1.165) is 21.7 Å². The number of ether oxygens (including phenoxy) is 6. The standard InChI is InChI=1S/C34H45Cl2O7P/c1-33(2,3)27-18-24(35)20-29(31(27)41-22-39-16-14-37-7)44(43-26-12-10-9-11-13-26)30-21-25(36)19-28(34(4,5)6)32(30)42-23-40-17-15-38-8/h9-13,18-21H,14-17,22-23H2,1-8H3. The highest BCUT2D eigenvalue weighted by Crippen LogP contribution is 2.48. The molecule has 0 aliphatic heterocycles. The van der Waals surface area contributed by atoms with Gasteiger partial charge in [-0.15, -0.1) is 0 Å². The molecule has 3 rings (SSSR count). The van der Waals surface area contributed by atoms with Crippen LogP contribution in [0.15, 0.2) is 54.6 Å². The van der Waals surface area contributed by atoms with E-state index in [4.69, 9.17) is 56.1 Å². The number of benzene rings is 3. The molecule has 3 aromatic carbocycles. The summed E-state index contributed by atoms with van der Waals surface area (Å²) in [4.78, 5) is 0. The Morgan fingerprint density at radius 1 is 0.614 bits per heavy atom. The van der Waals surface area contributed by atoms with Gasteiger partial charge in [0.1, 0.15) is 17.2 Å². The van der Waals surface area contributed by atoms with Crippen molar-refractivity contribution in [1.82, 2.24) is 0 Å². The lowest BCUT2D eigenvalue weighted by Gasteiger charge is -2.31. The van der Waals surface area contributed by atoms with Gasteiger partial charge in [0.05, 0.1) is 37.0 Å². The van der Waals surface area contributed by atoms with Crippen molar-refractivity contribution in [3.8, 4) is 17.2 Å². The first-order valence-electron chi connectivity index (χ1n) is 14.5. The molecule has 0 radical (unpaired) electrons. The van der Waals surface area contributed by atoms with E-state index in [1.807, 2.05) is 54.6 Å². The van der Waals surface area contributed by atoms with Gasteiger partial charge in [0.15, 0.2) is 21.7 Å². The normalized spacial score (nSPS) is 12.1. The van der Waals surface area contributed by atoms with Crippen LogP contribution < -0.4 is 24.6 Å². The molecule has 0 aliphatic rings. The summed E-state index contributed by atoms with van der Waals surface area (Å²) in [5.41, 5.74) is 1.22. The average Bonchev–Trinajstić information content (AvgIpc) is 2.96. The fraction of sp³-hybridized carbons (Fsp3) is 0.471. The summed E-state index contributed by atoms with van der Waals surface area (Å²) < 4.78 is 41.4. The van der Waals surface area contributed by atoms with E-state index in [9.17, 15) is 0 Å². The van der Waals surface area contributed by atoms with Gasteiger partial charge in [0, 0.05) is 35.4 Å². The molecule has 0 aromatic heterocycles. The number of halogens is 2. The minimum Gasteiger partial charge on any atom is -0.466 e. The lowest BCUT2D eigenvalue weighted by Crippen LogP contribution is -2.27. The molecule has 0 unspecified atom stereocenters. The lowest BCUT2D eigenvalue weighted by atomic mass is 9.86. The van der Waals surface area contributed by atoms with Crippen LogP contribution in [0.1, 0.15) is 52.7 Å². The molecule has 0 spiro atoms. The molecular formula is C34H45Cl2O7P. The SMILES string of the molecule is COCCOCOc1c(P(Oc2ccccc2)c2cc(Cl)cc(C(C)(C)C)c2OCOCCOC)cc(Cl)cc1C(C)(C)C. The zero-order valence-electron chi connectivity index (χ0n) is 27.0. The smallest absolute Gasteiger partial charge is 0.189 e. The van der Waals surface area contributed by atoms with E-state index in [1.54, 1.807) is 14.2 Å². The third-order valence-electron chi connectivity index (χ3n) is 6.50. The van der Waals surface area contributed by atoms with Crippen molar-refractivity contribution in [2.24, 2.45) is 0 Å². The quantitative estimate of drug-likeness (QED) is 0.0872. The second kappa shape index (κ2) is 17.0. The van der Waals surface area contributed by atoms with Gasteiger partial charge in [-0.3, -0.25) is 0 Å². The van der Waals surface area contributed by atoms with Crippen LogP contribution in [0.3, 0.4) is 0 Å². The van der Waals surface area contributed by atoms with E-state index in [2.05, 4.69) is 41.5 Å². The van der Waals surface area contributed by atoms with Gasteiger partial charge < -0.3 is 32.9 Å². The number of para-hydroxylation sites is 1. The number of hydrogen-bond acceptors (Lipinski definition) is 7. The van der Waals surface area contributed by atoms with Gasteiger partial charge in [-0.2, -0.15) is 0 Å². The Kier molecular flexibility index (Phi) is 14.1. The number of rotatable bonds is 16. The van der Waals surface area contributed by atoms with E-state index in [-0.39, 0.29) is 24.4 Å². The molecular weight excluding hydrogens is 622 g/mol. The number of hydrogen-bond donors (Lipinski definition) is 0. The van der Waals surface area contributed by atoms with Crippen molar-refractivity contribution in [2.45, 2.75) is 52.4 Å². The summed E-state index contributed by atoms with van der Waals surface area (Å²) >= 11 is 13.7. The highest BCUT2D eigenvalue weighted by Gasteiger charge is 2.34. The fourth-order valence-corrected chi connectivity index (χ4v) is 6.93. The molecule has 44 heavy (non-hydrogen) atoms. The van der Waals surface area contributed by atoms with Crippen LogP contribution in [-0.4, -0.2) is 54.2 Å². The van der Waals surface area contributed by atoms with E-state index < -0.39 is 8.15 Å². The molecule has 0 atom stereocenters. The lowest BCUT2D eigenvalue weighted by molar-refractivity contribution is -0.00874. The van der Waals surface area contributed by atoms with Crippen molar-refractivity contribution in [3.63, 3.8) is 0 Å². The molecule has 0 N–H and O–H groups in total. The summed E-state index contributed by atoms with van der Waals surface area (Å²) in [7, 11) is 1.60. The van der Waals surface area contributed by atoms with Gasteiger partial charge in [-0.25, -0.2) is 0 Å². The second-order valence-electron chi connectivity index (χ2n) is 12.1. The largest absolute Gasteiger partial charge is 0.466 e. The minimum absolute atomic E-state index is 0.0229. The summed E-state index contributed by atoms with van der Waals surface area (Å²) in [6.07, 6.45) is 0. The van der Waals surface area contributed by atoms with E-state index >= 15 is 0 Å². The third kappa shape index (κ3) is 10.5. The van der Waals surface area contributed by atoms with Crippen molar-refractivity contribution < 1.29 is 32.9 Å². The van der Waals surface area contributed by atoms with Crippen molar-refractivity contribution in [3.05, 3.63) is 75.8 Å². The third-order valence-corrected chi connectivity index (χ3v) is 8.87. The Morgan fingerprint density at radius 2 is 1.05 bits per heavy atom. The Labute approximate surface area is 273 Å². The maximum absolute atomic E-state index is 6.87. The molecule has 3 aromatic rings.